The summed E-state index contributed by atoms with van der Waals surface area (Å²) in [6.45, 7) is 1.23. The molecule has 0 saturated heterocycles. The van der Waals surface area contributed by atoms with E-state index in [-0.39, 0.29) is 29.3 Å². The van der Waals surface area contributed by atoms with Crippen LogP contribution in [0.2, 0.25) is 5.02 Å². The van der Waals surface area contributed by atoms with Crippen LogP contribution in [0.3, 0.4) is 0 Å². The fraction of sp³-hybridized carbons (Fsp3) is 0.286. The van der Waals surface area contributed by atoms with Crippen LogP contribution in [0.25, 0.3) is 11.1 Å². The van der Waals surface area contributed by atoms with E-state index in [1.807, 2.05) is 0 Å². The molecule has 2 heterocycles. The van der Waals surface area contributed by atoms with Crippen molar-refractivity contribution in [2.45, 2.75) is 13.3 Å². The predicted molar refractivity (Wildman–Crippen MR) is 121 cm³/mol. The number of rotatable bonds is 8. The Bertz CT molecular complexity index is 1170. The Morgan fingerprint density at radius 1 is 1.19 bits per heavy atom. The van der Waals surface area contributed by atoms with E-state index in [1.54, 1.807) is 36.6 Å². The third-order valence-corrected chi connectivity index (χ3v) is 7.17. The van der Waals surface area contributed by atoms with Gasteiger partial charge in [0.25, 0.3) is 5.91 Å². The number of thiophene rings is 1. The minimum Gasteiger partial charge on any atom is -0.462 e. The molecular formula is C21H20ClNO7S2. The highest BCUT2D eigenvalue weighted by molar-refractivity contribution is 7.94. The van der Waals surface area contributed by atoms with E-state index in [1.165, 1.54) is 6.08 Å². The number of benzene rings is 1. The van der Waals surface area contributed by atoms with Crippen molar-refractivity contribution < 1.29 is 32.3 Å². The zero-order valence-corrected chi connectivity index (χ0v) is 19.4. The van der Waals surface area contributed by atoms with Crippen LogP contribution in [0, 0.1) is 5.92 Å². The number of hydrogen-bond acceptors (Lipinski definition) is 8. The Kier molecular flexibility index (Phi) is 7.70. The molecule has 170 valence electrons. The van der Waals surface area contributed by atoms with Crippen molar-refractivity contribution in [1.82, 2.24) is 0 Å². The number of halogens is 1. The summed E-state index contributed by atoms with van der Waals surface area (Å²) in [6, 6.07) is 6.97. The summed E-state index contributed by atoms with van der Waals surface area (Å²) >= 11 is 7.38. The number of amides is 1. The summed E-state index contributed by atoms with van der Waals surface area (Å²) in [4.78, 5) is 36.8. The number of allylic oxidation sites excluding steroid dienone is 1. The molecule has 0 bridgehead atoms. The zero-order valence-electron chi connectivity index (χ0n) is 17.0. The summed E-state index contributed by atoms with van der Waals surface area (Å²) in [6.07, 6.45) is 1.29. The van der Waals surface area contributed by atoms with E-state index < -0.39 is 40.2 Å². The highest BCUT2D eigenvalue weighted by Crippen LogP contribution is 2.39. The number of carbonyl (C=O) groups excluding carboxylic acids is 3. The maximum atomic E-state index is 12.6. The molecule has 32 heavy (non-hydrogen) atoms. The summed E-state index contributed by atoms with van der Waals surface area (Å²) in [7, 11) is -3.27. The lowest BCUT2D eigenvalue weighted by Crippen LogP contribution is -2.23. The van der Waals surface area contributed by atoms with Gasteiger partial charge < -0.3 is 14.8 Å². The number of ether oxygens (including phenoxy) is 2. The maximum absolute atomic E-state index is 12.6. The number of nitrogens with one attached hydrogen (secondary N) is 1. The van der Waals surface area contributed by atoms with Gasteiger partial charge in [-0.2, -0.15) is 0 Å². The Balaban J connectivity index is 1.68. The molecule has 1 amide bonds. The molecular weight excluding hydrogens is 478 g/mol. The van der Waals surface area contributed by atoms with Crippen LogP contribution in [-0.4, -0.2) is 45.2 Å². The minimum absolute atomic E-state index is 0.146. The van der Waals surface area contributed by atoms with Crippen molar-refractivity contribution >= 4 is 55.6 Å². The van der Waals surface area contributed by atoms with E-state index in [0.717, 1.165) is 16.7 Å². The quantitative estimate of drug-likeness (QED) is 0.553. The summed E-state index contributed by atoms with van der Waals surface area (Å²) < 4.78 is 32.9. The van der Waals surface area contributed by atoms with Gasteiger partial charge in [-0.1, -0.05) is 35.9 Å². The molecule has 1 N–H and O–H groups in total. The van der Waals surface area contributed by atoms with Gasteiger partial charge in [0.05, 0.1) is 18.8 Å². The summed E-state index contributed by atoms with van der Waals surface area (Å²) in [5, 5.41) is 6.00. The molecule has 1 aromatic carbocycles. The molecule has 0 saturated carbocycles. The molecule has 3 rings (SSSR count). The van der Waals surface area contributed by atoms with Crippen LogP contribution >= 0.6 is 22.9 Å². The van der Waals surface area contributed by atoms with Crippen LogP contribution in [0.5, 0.6) is 0 Å². The van der Waals surface area contributed by atoms with E-state index in [0.29, 0.717) is 16.1 Å². The van der Waals surface area contributed by atoms with E-state index >= 15 is 0 Å². The highest BCUT2D eigenvalue weighted by atomic mass is 35.5. The van der Waals surface area contributed by atoms with Gasteiger partial charge in [0.1, 0.15) is 10.6 Å². The van der Waals surface area contributed by atoms with E-state index in [4.69, 9.17) is 21.1 Å². The van der Waals surface area contributed by atoms with Gasteiger partial charge in [-0.3, -0.25) is 9.59 Å². The Hall–Kier alpha value is -2.69. The smallest absolute Gasteiger partial charge is 0.341 e. The first kappa shape index (κ1) is 24.0. The van der Waals surface area contributed by atoms with Gasteiger partial charge in [0, 0.05) is 32.9 Å². The normalized spacial score (nSPS) is 16.5. The Labute approximate surface area is 194 Å². The first-order valence-electron chi connectivity index (χ1n) is 9.60. The molecule has 0 fully saturated rings. The first-order chi connectivity index (χ1) is 15.2. The highest BCUT2D eigenvalue weighted by Gasteiger charge is 2.26. The van der Waals surface area contributed by atoms with Crippen LogP contribution in [0.15, 0.2) is 41.1 Å². The van der Waals surface area contributed by atoms with Gasteiger partial charge in [-0.15, -0.1) is 11.3 Å². The van der Waals surface area contributed by atoms with Crippen LogP contribution in [0.4, 0.5) is 5.00 Å². The second-order valence-electron chi connectivity index (χ2n) is 6.88. The molecule has 2 aromatic rings. The van der Waals surface area contributed by atoms with Gasteiger partial charge in [-0.25, -0.2) is 13.2 Å². The van der Waals surface area contributed by atoms with Crippen molar-refractivity contribution in [1.29, 1.82) is 0 Å². The molecule has 1 unspecified atom stereocenters. The molecule has 1 aromatic heterocycles. The van der Waals surface area contributed by atoms with Gasteiger partial charge >= 0.3 is 11.9 Å². The molecule has 1 aliphatic rings. The topological polar surface area (TPSA) is 116 Å². The number of anilines is 1. The second-order valence-corrected chi connectivity index (χ2v) is 10.1. The van der Waals surface area contributed by atoms with Crippen LogP contribution < -0.4 is 5.32 Å². The fourth-order valence-electron chi connectivity index (χ4n) is 3.08. The first-order valence-corrected chi connectivity index (χ1v) is 12.6. The summed E-state index contributed by atoms with van der Waals surface area (Å²) in [5.41, 5.74) is 1.28. The molecule has 0 spiro atoms. The summed E-state index contributed by atoms with van der Waals surface area (Å²) in [5.74, 6) is -2.59. The number of hydrogen-bond donors (Lipinski definition) is 1. The van der Waals surface area contributed by atoms with Gasteiger partial charge in [0.2, 0.25) is 0 Å². The molecule has 11 heteroatoms. The monoisotopic (exact) mass is 497 g/mol. The number of sulfone groups is 1. The van der Waals surface area contributed by atoms with Gasteiger partial charge in [0.15, 0.2) is 16.4 Å². The average Bonchev–Trinajstić information content (AvgIpc) is 3.29. The van der Waals surface area contributed by atoms with Crippen molar-refractivity contribution in [3.05, 3.63) is 51.7 Å². The lowest BCUT2D eigenvalue weighted by atomic mass is 10.0. The van der Waals surface area contributed by atoms with Gasteiger partial charge in [-0.05, 0) is 13.0 Å². The lowest BCUT2D eigenvalue weighted by molar-refractivity contribution is -0.147. The lowest BCUT2D eigenvalue weighted by Gasteiger charge is -2.10. The van der Waals surface area contributed by atoms with E-state index in [9.17, 15) is 22.8 Å². The number of esters is 2. The van der Waals surface area contributed by atoms with Crippen molar-refractivity contribution in [2.24, 2.45) is 5.92 Å². The Morgan fingerprint density at radius 3 is 2.59 bits per heavy atom. The van der Waals surface area contributed by atoms with Crippen molar-refractivity contribution in [3.63, 3.8) is 0 Å². The third-order valence-electron chi connectivity index (χ3n) is 4.49. The largest absolute Gasteiger partial charge is 0.462 e. The van der Waals surface area contributed by atoms with Crippen molar-refractivity contribution in [3.8, 4) is 11.1 Å². The van der Waals surface area contributed by atoms with Crippen LogP contribution in [0.1, 0.15) is 23.7 Å². The molecule has 1 atom stereocenters. The van der Waals surface area contributed by atoms with Crippen LogP contribution in [-0.2, 0) is 28.9 Å². The third kappa shape index (κ3) is 5.96. The predicted octanol–water partition coefficient (Wildman–Crippen LogP) is 3.68. The SMILES string of the molecule is CCOC(=O)c1c(-c2ccccc2Cl)csc1NC(=O)COC(=O)CC1C=CS(=O)(=O)C1. The maximum Gasteiger partial charge on any atom is 0.341 e. The number of carbonyl (C=O) groups is 3. The standard InChI is InChI=1S/C21H20ClNO7S2/c1-2-29-21(26)19-15(14-5-3-4-6-16(14)22)11-31-20(19)23-17(24)10-30-18(25)9-13-7-8-32(27,28)12-13/h3-8,11,13H,2,9-10,12H2,1H3,(H,23,24). The molecule has 0 radical (unpaired) electrons. The van der Waals surface area contributed by atoms with Crippen molar-refractivity contribution in [2.75, 3.05) is 24.3 Å². The zero-order chi connectivity index (χ0) is 23.3. The van der Waals surface area contributed by atoms with E-state index in [2.05, 4.69) is 5.32 Å². The second kappa shape index (κ2) is 10.3. The minimum atomic E-state index is -3.27. The molecule has 0 aliphatic carbocycles. The average molecular weight is 498 g/mol. The molecule has 8 nitrogen and oxygen atoms in total. The fourth-order valence-corrected chi connectivity index (χ4v) is 5.68. The Morgan fingerprint density at radius 2 is 1.94 bits per heavy atom. The molecule has 1 aliphatic heterocycles.